The Morgan fingerprint density at radius 1 is 1.17 bits per heavy atom. The average molecular weight is 397 g/mol. The first kappa shape index (κ1) is 19.7. The summed E-state index contributed by atoms with van der Waals surface area (Å²) in [4.78, 5) is 17.1. The molecule has 1 saturated carbocycles. The number of hydrogen-bond donors (Lipinski definition) is 2. The smallest absolute Gasteiger partial charge is 0.318 e. The first-order valence-electron chi connectivity index (χ1n) is 10.4. The Labute approximate surface area is 171 Å². The van der Waals surface area contributed by atoms with Gasteiger partial charge in [0.05, 0.1) is 0 Å². The third-order valence-electron chi connectivity index (χ3n) is 5.70. The largest absolute Gasteiger partial charge is 0.508 e. The summed E-state index contributed by atoms with van der Waals surface area (Å²) >= 11 is 0. The van der Waals surface area contributed by atoms with E-state index in [4.69, 9.17) is 0 Å². The van der Waals surface area contributed by atoms with Crippen LogP contribution >= 0.6 is 0 Å². The van der Waals surface area contributed by atoms with Gasteiger partial charge in [-0.15, -0.1) is 0 Å². The van der Waals surface area contributed by atoms with Crippen molar-refractivity contribution in [1.29, 1.82) is 0 Å². The summed E-state index contributed by atoms with van der Waals surface area (Å²) in [6.07, 6.45) is 3.96. The highest BCUT2D eigenvalue weighted by molar-refractivity contribution is 5.75. The molecule has 2 aromatic carbocycles. The third kappa shape index (κ3) is 5.26. The van der Waals surface area contributed by atoms with Crippen LogP contribution < -0.4 is 5.32 Å². The summed E-state index contributed by atoms with van der Waals surface area (Å²) in [5, 5.41) is 12.9. The molecule has 0 spiro atoms. The fourth-order valence-corrected chi connectivity index (χ4v) is 4.05. The number of halogens is 1. The fraction of sp³-hybridized carbons (Fsp3) is 0.435. The number of amides is 2. The molecule has 1 saturated heterocycles. The lowest BCUT2D eigenvalue weighted by molar-refractivity contribution is 0.159. The molecule has 154 valence electrons. The van der Waals surface area contributed by atoms with Crippen molar-refractivity contribution in [2.75, 3.05) is 13.1 Å². The predicted octanol–water partition coefficient (Wildman–Crippen LogP) is 3.87. The van der Waals surface area contributed by atoms with Gasteiger partial charge in [0, 0.05) is 37.3 Å². The molecule has 29 heavy (non-hydrogen) atoms. The summed E-state index contributed by atoms with van der Waals surface area (Å²) in [6, 6.07) is 14.2. The number of nitrogens with one attached hydrogen (secondary N) is 1. The Kier molecular flexibility index (Phi) is 6.00. The topological polar surface area (TPSA) is 55.8 Å². The first-order valence-corrected chi connectivity index (χ1v) is 10.4. The molecule has 2 N–H and O–H groups in total. The zero-order valence-corrected chi connectivity index (χ0v) is 16.6. The molecule has 0 unspecified atom stereocenters. The number of likely N-dealkylation sites (tertiary alicyclic amines) is 1. The minimum absolute atomic E-state index is 0.0476. The minimum atomic E-state index is -0.176. The van der Waals surface area contributed by atoms with E-state index >= 15 is 0 Å². The number of urea groups is 1. The molecule has 2 aliphatic rings. The van der Waals surface area contributed by atoms with Crippen molar-refractivity contribution in [2.24, 2.45) is 0 Å². The van der Waals surface area contributed by atoms with Gasteiger partial charge < -0.3 is 15.3 Å². The van der Waals surface area contributed by atoms with E-state index in [9.17, 15) is 14.3 Å². The van der Waals surface area contributed by atoms with Gasteiger partial charge in [-0.1, -0.05) is 30.3 Å². The summed E-state index contributed by atoms with van der Waals surface area (Å²) in [7, 11) is 0. The van der Waals surface area contributed by atoms with Crippen molar-refractivity contribution in [3.8, 4) is 5.75 Å². The molecule has 1 atom stereocenters. The maximum absolute atomic E-state index is 14.0. The maximum atomic E-state index is 14.0. The monoisotopic (exact) mass is 397 g/mol. The van der Waals surface area contributed by atoms with E-state index in [1.165, 1.54) is 6.07 Å². The zero-order chi connectivity index (χ0) is 20.2. The van der Waals surface area contributed by atoms with Crippen molar-refractivity contribution < 1.29 is 14.3 Å². The Balaban J connectivity index is 1.35. The van der Waals surface area contributed by atoms with Crippen LogP contribution in [0.4, 0.5) is 9.18 Å². The molecule has 1 aliphatic carbocycles. The van der Waals surface area contributed by atoms with E-state index in [1.807, 2.05) is 23.1 Å². The van der Waals surface area contributed by atoms with Crippen LogP contribution in [0, 0.1) is 5.82 Å². The van der Waals surface area contributed by atoms with E-state index < -0.39 is 0 Å². The van der Waals surface area contributed by atoms with Gasteiger partial charge in [-0.25, -0.2) is 9.18 Å². The van der Waals surface area contributed by atoms with Crippen LogP contribution in [0.1, 0.15) is 36.8 Å². The van der Waals surface area contributed by atoms with Gasteiger partial charge in [0.25, 0.3) is 0 Å². The summed E-state index contributed by atoms with van der Waals surface area (Å²) in [6.45, 7) is 2.70. The van der Waals surface area contributed by atoms with Crippen LogP contribution in [0.25, 0.3) is 0 Å². The molecule has 6 heteroatoms. The zero-order valence-electron chi connectivity index (χ0n) is 16.6. The second kappa shape index (κ2) is 8.82. The van der Waals surface area contributed by atoms with Crippen LogP contribution in [0.15, 0.2) is 48.5 Å². The van der Waals surface area contributed by atoms with E-state index in [0.717, 1.165) is 44.3 Å². The van der Waals surface area contributed by atoms with Crippen LogP contribution in [0.2, 0.25) is 0 Å². The third-order valence-corrected chi connectivity index (χ3v) is 5.70. The highest BCUT2D eigenvalue weighted by atomic mass is 19.1. The number of aromatic hydroxyl groups is 1. The molecule has 2 aromatic rings. The Morgan fingerprint density at radius 2 is 2.00 bits per heavy atom. The van der Waals surface area contributed by atoms with E-state index in [-0.39, 0.29) is 29.7 Å². The van der Waals surface area contributed by atoms with Crippen molar-refractivity contribution in [2.45, 2.75) is 50.9 Å². The van der Waals surface area contributed by atoms with Crippen LogP contribution in [0.3, 0.4) is 0 Å². The van der Waals surface area contributed by atoms with E-state index in [2.05, 4.69) is 10.2 Å². The molecule has 1 aliphatic heterocycles. The highest BCUT2D eigenvalue weighted by Gasteiger charge is 2.34. The number of carbonyl (C=O) groups excluding carboxylic acids is 1. The van der Waals surface area contributed by atoms with Gasteiger partial charge in [0.15, 0.2) is 0 Å². The number of hydrogen-bond acceptors (Lipinski definition) is 3. The molecule has 4 rings (SSSR count). The number of phenolic OH excluding ortho intramolecular Hbond substituents is 1. The number of carbonyl (C=O) groups is 1. The Morgan fingerprint density at radius 3 is 2.76 bits per heavy atom. The van der Waals surface area contributed by atoms with Crippen LogP contribution in [0.5, 0.6) is 5.75 Å². The van der Waals surface area contributed by atoms with Gasteiger partial charge in [-0.3, -0.25) is 4.90 Å². The minimum Gasteiger partial charge on any atom is -0.508 e. The molecular weight excluding hydrogens is 369 g/mol. The van der Waals surface area contributed by atoms with Gasteiger partial charge >= 0.3 is 6.03 Å². The Bertz CT molecular complexity index is 856. The molecule has 5 nitrogen and oxygen atoms in total. The maximum Gasteiger partial charge on any atom is 0.318 e. The molecule has 0 aromatic heterocycles. The van der Waals surface area contributed by atoms with Crippen molar-refractivity contribution in [3.63, 3.8) is 0 Å². The number of phenols is 1. The normalized spacial score (nSPS) is 19.7. The fourth-order valence-electron chi connectivity index (χ4n) is 4.05. The second-order valence-electron chi connectivity index (χ2n) is 8.14. The van der Waals surface area contributed by atoms with E-state index in [1.54, 1.807) is 24.3 Å². The SMILES string of the molecule is O=C(N[C@H]1CCCN(Cc2ccccc2F)C1)N(Cc1cccc(O)c1)C1CC1. The first-order chi connectivity index (χ1) is 14.1. The lowest BCUT2D eigenvalue weighted by Gasteiger charge is -2.34. The van der Waals surface area contributed by atoms with Crippen molar-refractivity contribution >= 4 is 6.03 Å². The van der Waals surface area contributed by atoms with Gasteiger partial charge in [-0.2, -0.15) is 0 Å². The lowest BCUT2D eigenvalue weighted by Crippen LogP contribution is -2.51. The second-order valence-corrected chi connectivity index (χ2v) is 8.14. The Hall–Kier alpha value is -2.60. The molecule has 0 bridgehead atoms. The van der Waals surface area contributed by atoms with Crippen molar-refractivity contribution in [3.05, 3.63) is 65.5 Å². The molecule has 2 fully saturated rings. The summed E-state index contributed by atoms with van der Waals surface area (Å²) in [5.41, 5.74) is 1.62. The van der Waals surface area contributed by atoms with Gasteiger partial charge in [0.2, 0.25) is 0 Å². The number of rotatable bonds is 6. The summed E-state index contributed by atoms with van der Waals surface area (Å²) < 4.78 is 14.0. The quantitative estimate of drug-likeness (QED) is 0.778. The van der Waals surface area contributed by atoms with Gasteiger partial charge in [-0.05, 0) is 56.0 Å². The average Bonchev–Trinajstić information content (AvgIpc) is 3.53. The lowest BCUT2D eigenvalue weighted by atomic mass is 10.0. The number of benzene rings is 2. The molecule has 2 amide bonds. The molecule has 1 heterocycles. The van der Waals surface area contributed by atoms with E-state index in [0.29, 0.717) is 18.7 Å². The standard InChI is InChI=1S/C23H28FN3O2/c24-22-9-2-1-6-18(22)15-26-12-4-7-19(16-26)25-23(29)27(20-10-11-20)14-17-5-3-8-21(28)13-17/h1-3,5-6,8-9,13,19-20,28H,4,7,10-12,14-16H2,(H,25,29)/t19-/m0/s1. The van der Waals surface area contributed by atoms with Gasteiger partial charge in [0.1, 0.15) is 11.6 Å². The van der Waals surface area contributed by atoms with Crippen molar-refractivity contribution in [1.82, 2.24) is 15.1 Å². The summed E-state index contributed by atoms with van der Waals surface area (Å²) in [5.74, 6) is 0.0411. The van der Waals surface area contributed by atoms with Crippen LogP contribution in [-0.2, 0) is 13.1 Å². The molecular formula is C23H28FN3O2. The highest BCUT2D eigenvalue weighted by Crippen LogP contribution is 2.29. The predicted molar refractivity (Wildman–Crippen MR) is 110 cm³/mol. The number of piperidine rings is 1. The molecule has 0 radical (unpaired) electrons. The van der Waals surface area contributed by atoms with Crippen LogP contribution in [-0.4, -0.2) is 46.1 Å². The number of nitrogens with zero attached hydrogens (tertiary/aromatic N) is 2.